The van der Waals surface area contributed by atoms with Gasteiger partial charge in [-0.1, -0.05) is 0 Å². The maximum atomic E-state index is 11.4. The van der Waals surface area contributed by atoms with Crippen LogP contribution in [0.4, 0.5) is 16.6 Å². The van der Waals surface area contributed by atoms with Crippen molar-refractivity contribution < 1.29 is 9.53 Å². The Morgan fingerprint density at radius 1 is 1.29 bits per heavy atom. The summed E-state index contributed by atoms with van der Waals surface area (Å²) in [5.41, 5.74) is 5.94. The highest BCUT2D eigenvalue weighted by molar-refractivity contribution is 5.67. The molecule has 0 bridgehead atoms. The molecule has 1 aromatic heterocycles. The molecule has 0 radical (unpaired) electrons. The number of aryl methyl sites for hydroxylation is 1. The Hall–Kier alpha value is -2.05. The van der Waals surface area contributed by atoms with Crippen LogP contribution < -0.4 is 16.4 Å². The number of anilines is 2. The first kappa shape index (κ1) is 17.0. The molecule has 0 saturated heterocycles. The van der Waals surface area contributed by atoms with Crippen molar-refractivity contribution >= 4 is 17.9 Å². The monoisotopic (exact) mass is 295 g/mol. The number of ether oxygens (including phenoxy) is 1. The lowest BCUT2D eigenvalue weighted by molar-refractivity contribution is 0.0527. The first-order valence-electron chi connectivity index (χ1n) is 7.08. The molecule has 0 saturated carbocycles. The van der Waals surface area contributed by atoms with E-state index in [0.29, 0.717) is 6.54 Å². The van der Waals surface area contributed by atoms with Gasteiger partial charge in [0.15, 0.2) is 0 Å². The molecule has 21 heavy (non-hydrogen) atoms. The highest BCUT2D eigenvalue weighted by Gasteiger charge is 2.15. The van der Waals surface area contributed by atoms with Gasteiger partial charge in [-0.05, 0) is 40.5 Å². The van der Waals surface area contributed by atoms with Crippen molar-refractivity contribution in [3.63, 3.8) is 0 Å². The van der Waals surface area contributed by atoms with Gasteiger partial charge in [0.2, 0.25) is 5.95 Å². The number of carbonyl (C=O) groups is 1. The summed E-state index contributed by atoms with van der Waals surface area (Å²) in [5, 5.41) is 5.90. The lowest BCUT2D eigenvalue weighted by Crippen LogP contribution is -2.33. The number of hydrogen-bond acceptors (Lipinski definition) is 6. The zero-order chi connectivity index (χ0) is 15.9. The third kappa shape index (κ3) is 7.96. The highest BCUT2D eigenvalue weighted by Crippen LogP contribution is 2.08. The van der Waals surface area contributed by atoms with Gasteiger partial charge in [0, 0.05) is 24.8 Å². The van der Waals surface area contributed by atoms with Gasteiger partial charge in [0.1, 0.15) is 11.4 Å². The third-order valence-electron chi connectivity index (χ3n) is 2.45. The van der Waals surface area contributed by atoms with E-state index in [9.17, 15) is 4.79 Å². The second-order valence-corrected chi connectivity index (χ2v) is 5.82. The summed E-state index contributed by atoms with van der Waals surface area (Å²) in [4.78, 5) is 19.5. The van der Waals surface area contributed by atoms with Gasteiger partial charge in [0.25, 0.3) is 0 Å². The second kappa shape index (κ2) is 7.66. The molecule has 0 aromatic carbocycles. The number of rotatable bonds is 6. The number of nitrogens with zero attached hydrogens (tertiary/aromatic N) is 2. The number of unbranched alkanes of at least 4 members (excludes halogenated alkanes) is 1. The minimum absolute atomic E-state index is 0.268. The Labute approximate surface area is 125 Å². The van der Waals surface area contributed by atoms with Crippen molar-refractivity contribution in [1.82, 2.24) is 15.3 Å². The zero-order valence-electron chi connectivity index (χ0n) is 13.2. The number of nitrogens with one attached hydrogen (secondary N) is 2. The molecule has 0 unspecified atom stereocenters. The quantitative estimate of drug-likeness (QED) is 0.694. The van der Waals surface area contributed by atoms with Gasteiger partial charge in [0.05, 0.1) is 0 Å². The van der Waals surface area contributed by atoms with Crippen molar-refractivity contribution in [2.45, 2.75) is 46.1 Å². The van der Waals surface area contributed by atoms with Gasteiger partial charge in [-0.25, -0.2) is 9.78 Å². The summed E-state index contributed by atoms with van der Waals surface area (Å²) in [6.07, 6.45) is 1.37. The molecule has 1 rings (SSSR count). The third-order valence-corrected chi connectivity index (χ3v) is 2.45. The number of nitrogens with two attached hydrogens (primary N) is 1. The van der Waals surface area contributed by atoms with Gasteiger partial charge >= 0.3 is 6.09 Å². The molecule has 0 aliphatic heterocycles. The van der Waals surface area contributed by atoms with Crippen molar-refractivity contribution in [3.8, 4) is 0 Å². The van der Waals surface area contributed by atoms with E-state index in [1.807, 2.05) is 33.8 Å². The largest absolute Gasteiger partial charge is 0.444 e. The number of amides is 1. The van der Waals surface area contributed by atoms with E-state index < -0.39 is 5.60 Å². The van der Waals surface area contributed by atoms with Gasteiger partial charge < -0.3 is 21.1 Å². The average Bonchev–Trinajstić information content (AvgIpc) is 2.30. The van der Waals surface area contributed by atoms with Crippen molar-refractivity contribution in [2.24, 2.45) is 0 Å². The fourth-order valence-corrected chi connectivity index (χ4v) is 1.65. The van der Waals surface area contributed by atoms with E-state index in [1.54, 1.807) is 0 Å². The summed E-state index contributed by atoms with van der Waals surface area (Å²) in [7, 11) is 0. The van der Waals surface area contributed by atoms with Gasteiger partial charge in [-0.15, -0.1) is 0 Å². The van der Waals surface area contributed by atoms with Crippen LogP contribution in [-0.2, 0) is 4.74 Å². The topological polar surface area (TPSA) is 102 Å². The van der Waals surface area contributed by atoms with E-state index in [2.05, 4.69) is 20.6 Å². The summed E-state index contributed by atoms with van der Waals surface area (Å²) >= 11 is 0. The molecule has 4 N–H and O–H groups in total. The molecule has 0 aliphatic rings. The molecule has 7 nitrogen and oxygen atoms in total. The van der Waals surface area contributed by atoms with Gasteiger partial charge in [-0.3, -0.25) is 0 Å². The minimum Gasteiger partial charge on any atom is -0.444 e. The van der Waals surface area contributed by atoms with Crippen LogP contribution in [0.2, 0.25) is 0 Å². The van der Waals surface area contributed by atoms with Crippen LogP contribution in [0.1, 0.15) is 39.3 Å². The molecule has 1 amide bonds. The van der Waals surface area contributed by atoms with Crippen LogP contribution in [-0.4, -0.2) is 34.8 Å². The van der Waals surface area contributed by atoms with E-state index in [1.165, 1.54) is 0 Å². The molecule has 1 heterocycles. The van der Waals surface area contributed by atoms with Crippen LogP contribution in [0.3, 0.4) is 0 Å². The number of nitrogen functional groups attached to an aromatic ring is 1. The first-order valence-corrected chi connectivity index (χ1v) is 7.08. The average molecular weight is 295 g/mol. The first-order chi connectivity index (χ1) is 9.76. The van der Waals surface area contributed by atoms with Crippen LogP contribution in [0.25, 0.3) is 0 Å². The second-order valence-electron chi connectivity index (χ2n) is 5.82. The van der Waals surface area contributed by atoms with Crippen molar-refractivity contribution in [2.75, 3.05) is 24.1 Å². The summed E-state index contributed by atoms with van der Waals surface area (Å²) in [6, 6.07) is 1.84. The lowest BCUT2D eigenvalue weighted by Gasteiger charge is -2.19. The maximum absolute atomic E-state index is 11.4. The maximum Gasteiger partial charge on any atom is 0.407 e. The normalized spacial score (nSPS) is 11.0. The van der Waals surface area contributed by atoms with E-state index >= 15 is 0 Å². The minimum atomic E-state index is -0.462. The molecule has 118 valence electrons. The number of hydrogen-bond donors (Lipinski definition) is 3. The van der Waals surface area contributed by atoms with Crippen LogP contribution in [0.15, 0.2) is 6.07 Å². The van der Waals surface area contributed by atoms with Crippen LogP contribution in [0, 0.1) is 6.92 Å². The predicted octanol–water partition coefficient (Wildman–Crippen LogP) is 2.08. The predicted molar refractivity (Wildman–Crippen MR) is 83.1 cm³/mol. The molecule has 0 fully saturated rings. The standard InChI is InChI=1S/C14H25N5O2/c1-10-9-11(19-12(15)18-10)16-7-5-6-8-17-13(20)21-14(2,3)4/h9H,5-8H2,1-4H3,(H,17,20)(H3,15,16,18,19). The van der Waals surface area contributed by atoms with E-state index in [-0.39, 0.29) is 12.0 Å². The molecule has 0 aliphatic carbocycles. The molecule has 0 atom stereocenters. The Morgan fingerprint density at radius 3 is 2.57 bits per heavy atom. The fraction of sp³-hybridized carbons (Fsp3) is 0.643. The molecular formula is C14H25N5O2. The van der Waals surface area contributed by atoms with E-state index in [4.69, 9.17) is 10.5 Å². The Morgan fingerprint density at radius 2 is 1.95 bits per heavy atom. The van der Waals surface area contributed by atoms with Crippen molar-refractivity contribution in [1.29, 1.82) is 0 Å². The van der Waals surface area contributed by atoms with Crippen LogP contribution >= 0.6 is 0 Å². The molecule has 7 heteroatoms. The molecular weight excluding hydrogens is 270 g/mol. The summed E-state index contributed by atoms with van der Waals surface area (Å²) in [5.74, 6) is 0.990. The van der Waals surface area contributed by atoms with Crippen molar-refractivity contribution in [3.05, 3.63) is 11.8 Å². The summed E-state index contributed by atoms with van der Waals surface area (Å²) in [6.45, 7) is 8.73. The van der Waals surface area contributed by atoms with Crippen LogP contribution in [0.5, 0.6) is 0 Å². The smallest absolute Gasteiger partial charge is 0.407 e. The zero-order valence-corrected chi connectivity index (χ0v) is 13.2. The number of alkyl carbamates (subject to hydrolysis) is 1. The molecule has 1 aromatic rings. The summed E-state index contributed by atoms with van der Waals surface area (Å²) < 4.78 is 5.14. The molecule has 0 spiro atoms. The fourth-order valence-electron chi connectivity index (χ4n) is 1.65. The van der Waals surface area contributed by atoms with E-state index in [0.717, 1.165) is 30.9 Å². The number of carbonyl (C=O) groups excluding carboxylic acids is 1. The lowest BCUT2D eigenvalue weighted by atomic mass is 10.2. The highest BCUT2D eigenvalue weighted by atomic mass is 16.6. The Bertz CT molecular complexity index is 451. The van der Waals surface area contributed by atoms with Gasteiger partial charge in [-0.2, -0.15) is 4.98 Å². The SMILES string of the molecule is Cc1cc(NCCCCNC(=O)OC(C)(C)C)nc(N)n1. The Balaban J connectivity index is 2.13. The number of aromatic nitrogens is 2. The Kier molecular flexibility index (Phi) is 6.20.